The Morgan fingerprint density at radius 2 is 1.16 bits per heavy atom. The molecule has 1 aliphatic rings. The molecule has 0 saturated carbocycles. The van der Waals surface area contributed by atoms with E-state index in [1.54, 1.807) is 0 Å². The Hall–Kier alpha value is -5.80. The third-order valence-electron chi connectivity index (χ3n) is 11.0. The standard InChI is InChI=1S/C49H40N2/c1-49(2)45-26-13-12-22-40(45)43-25-14-24-42(47(43)49)37-21-10-11-23-41(37)46(51-48(50)33-16-4-3-5-17-33)30-29-38-36-20-9-7-18-34(36)31-44-35-19-8-6-15-32(35)27-28-39(38)44/h3-31,46,48,51H,50H2,1-2H3/b30-29+. The van der Waals surface area contributed by atoms with E-state index in [9.17, 15) is 0 Å². The molecule has 0 bridgehead atoms. The first-order valence-corrected chi connectivity index (χ1v) is 17.9. The van der Waals surface area contributed by atoms with Crippen LogP contribution in [0.1, 0.15) is 53.9 Å². The molecule has 0 fully saturated rings. The monoisotopic (exact) mass is 656 g/mol. The zero-order chi connectivity index (χ0) is 34.5. The van der Waals surface area contributed by atoms with Crippen LogP contribution in [0.3, 0.4) is 0 Å². The Morgan fingerprint density at radius 3 is 1.98 bits per heavy atom. The minimum Gasteiger partial charge on any atom is -0.312 e. The summed E-state index contributed by atoms with van der Waals surface area (Å²) in [4.78, 5) is 0. The zero-order valence-corrected chi connectivity index (χ0v) is 29.0. The second-order valence-electron chi connectivity index (χ2n) is 14.3. The maximum absolute atomic E-state index is 6.98. The van der Waals surface area contributed by atoms with Crippen molar-refractivity contribution in [1.29, 1.82) is 0 Å². The predicted molar refractivity (Wildman–Crippen MR) is 217 cm³/mol. The minimum atomic E-state index is -0.371. The van der Waals surface area contributed by atoms with Gasteiger partial charge in [-0.05, 0) is 88.5 Å². The molecule has 8 aromatic carbocycles. The minimum absolute atomic E-state index is 0.139. The van der Waals surface area contributed by atoms with Gasteiger partial charge in [0.05, 0.1) is 12.2 Å². The molecular weight excluding hydrogens is 617 g/mol. The van der Waals surface area contributed by atoms with Crippen molar-refractivity contribution in [1.82, 2.24) is 5.32 Å². The molecule has 0 aromatic heterocycles. The lowest BCUT2D eigenvalue weighted by Crippen LogP contribution is -2.31. The summed E-state index contributed by atoms with van der Waals surface area (Å²) in [6.07, 6.45) is 4.27. The molecule has 0 aliphatic heterocycles. The molecule has 0 heterocycles. The molecule has 2 atom stereocenters. The number of benzene rings is 8. The van der Waals surface area contributed by atoms with E-state index >= 15 is 0 Å². The van der Waals surface area contributed by atoms with Crippen LogP contribution < -0.4 is 11.1 Å². The molecule has 2 nitrogen and oxygen atoms in total. The van der Waals surface area contributed by atoms with Gasteiger partial charge in [-0.25, -0.2) is 0 Å². The maximum atomic E-state index is 6.98. The highest BCUT2D eigenvalue weighted by molar-refractivity contribution is 6.16. The lowest BCUT2D eigenvalue weighted by molar-refractivity contribution is 0.509. The quantitative estimate of drug-likeness (QED) is 0.102. The van der Waals surface area contributed by atoms with Crippen LogP contribution >= 0.6 is 0 Å². The van der Waals surface area contributed by atoms with Gasteiger partial charge in [-0.2, -0.15) is 0 Å². The highest BCUT2D eigenvalue weighted by Gasteiger charge is 2.37. The summed E-state index contributed by atoms with van der Waals surface area (Å²) in [7, 11) is 0. The van der Waals surface area contributed by atoms with Gasteiger partial charge in [0.15, 0.2) is 0 Å². The number of hydrogen-bond donors (Lipinski definition) is 2. The third-order valence-corrected chi connectivity index (χ3v) is 11.0. The van der Waals surface area contributed by atoms with Crippen LogP contribution in [0.25, 0.3) is 60.6 Å². The van der Waals surface area contributed by atoms with Crippen LogP contribution in [0.2, 0.25) is 0 Å². The van der Waals surface area contributed by atoms with E-state index in [-0.39, 0.29) is 17.6 Å². The van der Waals surface area contributed by atoms with Crippen molar-refractivity contribution in [3.63, 3.8) is 0 Å². The summed E-state index contributed by atoms with van der Waals surface area (Å²) in [5.74, 6) is 0. The van der Waals surface area contributed by atoms with E-state index < -0.39 is 0 Å². The molecule has 51 heavy (non-hydrogen) atoms. The van der Waals surface area contributed by atoms with Crippen molar-refractivity contribution in [2.24, 2.45) is 5.73 Å². The van der Waals surface area contributed by atoms with E-state index in [0.717, 1.165) is 5.56 Å². The molecule has 0 saturated heterocycles. The number of nitrogens with one attached hydrogen (secondary N) is 1. The first kappa shape index (κ1) is 31.2. The number of rotatable bonds is 7. The molecule has 2 unspecified atom stereocenters. The third kappa shape index (κ3) is 5.27. The average Bonchev–Trinajstić information content (AvgIpc) is 3.42. The Bertz CT molecular complexity index is 2610. The van der Waals surface area contributed by atoms with Gasteiger partial charge in [-0.3, -0.25) is 5.32 Å². The number of nitrogens with two attached hydrogens (primary N) is 1. The topological polar surface area (TPSA) is 38.0 Å². The number of fused-ring (bicyclic) bond motifs is 7. The Kier molecular flexibility index (Phi) is 7.65. The fraction of sp³-hybridized carbons (Fsp3) is 0.102. The highest BCUT2D eigenvalue weighted by atomic mass is 15.0. The summed E-state index contributed by atoms with van der Waals surface area (Å²) in [5, 5.41) is 11.3. The molecule has 0 radical (unpaired) electrons. The summed E-state index contributed by atoms with van der Waals surface area (Å²) in [6.45, 7) is 4.72. The van der Waals surface area contributed by atoms with Crippen molar-refractivity contribution >= 4 is 38.4 Å². The summed E-state index contributed by atoms with van der Waals surface area (Å²) in [6, 6.07) is 58.9. The maximum Gasteiger partial charge on any atom is 0.0817 e. The first-order chi connectivity index (χ1) is 25.0. The lowest BCUT2D eigenvalue weighted by atomic mass is 9.78. The van der Waals surface area contributed by atoms with Gasteiger partial charge in [0, 0.05) is 5.41 Å². The molecule has 2 heteroatoms. The Morgan fingerprint density at radius 1 is 0.529 bits per heavy atom. The Balaban J connectivity index is 1.24. The summed E-state index contributed by atoms with van der Waals surface area (Å²) in [5.41, 5.74) is 18.2. The van der Waals surface area contributed by atoms with Crippen LogP contribution in [0.4, 0.5) is 0 Å². The molecule has 9 rings (SSSR count). The van der Waals surface area contributed by atoms with Crippen molar-refractivity contribution in [2.45, 2.75) is 31.5 Å². The van der Waals surface area contributed by atoms with Gasteiger partial charge in [0.1, 0.15) is 0 Å². The van der Waals surface area contributed by atoms with Gasteiger partial charge in [-0.1, -0.05) is 184 Å². The van der Waals surface area contributed by atoms with E-state index in [2.05, 4.69) is 189 Å². The smallest absolute Gasteiger partial charge is 0.0817 e. The second-order valence-corrected chi connectivity index (χ2v) is 14.3. The van der Waals surface area contributed by atoms with Crippen LogP contribution in [0.5, 0.6) is 0 Å². The van der Waals surface area contributed by atoms with E-state index in [1.165, 1.54) is 76.8 Å². The lowest BCUT2D eigenvalue weighted by Gasteiger charge is -2.28. The van der Waals surface area contributed by atoms with Gasteiger partial charge >= 0.3 is 0 Å². The fourth-order valence-corrected chi connectivity index (χ4v) is 8.51. The predicted octanol–water partition coefficient (Wildman–Crippen LogP) is 12.1. The highest BCUT2D eigenvalue weighted by Crippen LogP contribution is 2.52. The summed E-state index contributed by atoms with van der Waals surface area (Å²) < 4.78 is 0. The van der Waals surface area contributed by atoms with Gasteiger partial charge < -0.3 is 5.73 Å². The van der Waals surface area contributed by atoms with Gasteiger partial charge in [-0.15, -0.1) is 0 Å². The molecule has 8 aromatic rings. The number of hydrogen-bond acceptors (Lipinski definition) is 2. The molecular formula is C49H40N2. The Labute approximate surface area is 299 Å². The largest absolute Gasteiger partial charge is 0.312 e. The van der Waals surface area contributed by atoms with Crippen molar-refractivity contribution in [2.75, 3.05) is 0 Å². The SMILES string of the molecule is CC1(C)c2ccccc2-c2cccc(-c3ccccc3C(/C=C/c3c4ccccc4cc4c3ccc3ccccc34)NC(N)c3ccccc3)c21. The molecule has 0 spiro atoms. The van der Waals surface area contributed by atoms with E-state index in [1.807, 2.05) is 6.07 Å². The van der Waals surface area contributed by atoms with Crippen molar-refractivity contribution in [3.8, 4) is 22.3 Å². The van der Waals surface area contributed by atoms with Crippen molar-refractivity contribution < 1.29 is 0 Å². The van der Waals surface area contributed by atoms with Crippen LogP contribution in [0.15, 0.2) is 170 Å². The van der Waals surface area contributed by atoms with Gasteiger partial charge in [0.2, 0.25) is 0 Å². The normalized spacial score (nSPS) is 14.6. The van der Waals surface area contributed by atoms with Crippen molar-refractivity contribution in [3.05, 3.63) is 198 Å². The molecule has 3 N–H and O–H groups in total. The zero-order valence-electron chi connectivity index (χ0n) is 29.0. The van der Waals surface area contributed by atoms with E-state index in [0.29, 0.717) is 0 Å². The molecule has 246 valence electrons. The van der Waals surface area contributed by atoms with E-state index in [4.69, 9.17) is 5.73 Å². The van der Waals surface area contributed by atoms with Crippen LogP contribution in [-0.2, 0) is 5.41 Å². The summed E-state index contributed by atoms with van der Waals surface area (Å²) >= 11 is 0. The van der Waals surface area contributed by atoms with Crippen LogP contribution in [0, 0.1) is 0 Å². The average molecular weight is 657 g/mol. The first-order valence-electron chi connectivity index (χ1n) is 17.9. The van der Waals surface area contributed by atoms with Gasteiger partial charge in [0.25, 0.3) is 0 Å². The fourth-order valence-electron chi connectivity index (χ4n) is 8.51. The molecule has 1 aliphatic carbocycles. The van der Waals surface area contributed by atoms with Crippen LogP contribution in [-0.4, -0.2) is 0 Å². The second kappa shape index (κ2) is 12.5. The molecule has 0 amide bonds.